The van der Waals surface area contributed by atoms with E-state index in [1.54, 1.807) is 20.5 Å². The number of anilines is 2. The molecule has 0 amide bonds. The Morgan fingerprint density at radius 3 is 2.77 bits per heavy atom. The van der Waals surface area contributed by atoms with Crippen molar-refractivity contribution in [2.24, 2.45) is 14.1 Å². The Morgan fingerprint density at radius 1 is 1.13 bits per heavy atom. The quantitative estimate of drug-likeness (QED) is 0.512. The normalized spacial score (nSPS) is 16.9. The van der Waals surface area contributed by atoms with Crippen molar-refractivity contribution in [2.45, 2.75) is 32.4 Å². The van der Waals surface area contributed by atoms with Crippen LogP contribution in [0.2, 0.25) is 0 Å². The number of fused-ring (bicyclic) bond motifs is 1. The first-order chi connectivity index (χ1) is 15.0. The highest BCUT2D eigenvalue weighted by atomic mass is 32.1. The van der Waals surface area contributed by atoms with Gasteiger partial charge in [-0.25, -0.2) is 14.8 Å². The molecule has 1 unspecified atom stereocenters. The Hall–Kier alpha value is -2.97. The van der Waals surface area contributed by atoms with E-state index in [1.807, 2.05) is 32.5 Å². The fourth-order valence-corrected chi connectivity index (χ4v) is 5.16. The van der Waals surface area contributed by atoms with Gasteiger partial charge in [0.15, 0.2) is 5.13 Å². The van der Waals surface area contributed by atoms with Gasteiger partial charge in [-0.15, -0.1) is 11.3 Å². The number of likely N-dealkylation sites (tertiary alicyclic amines) is 1. The second-order valence-corrected chi connectivity index (χ2v) is 9.08. The molecular formula is C23H26N6OS. The number of imidazole rings is 1. The molecule has 0 bridgehead atoms. The van der Waals surface area contributed by atoms with Crippen LogP contribution in [0.5, 0.6) is 0 Å². The summed E-state index contributed by atoms with van der Waals surface area (Å²) < 4.78 is 3.42. The minimum Gasteiger partial charge on any atom is -0.316 e. The summed E-state index contributed by atoms with van der Waals surface area (Å²) in [5, 5.41) is 6.23. The predicted octanol–water partition coefficient (Wildman–Crippen LogP) is 4.12. The minimum atomic E-state index is 0.00939. The molecule has 7 nitrogen and oxygen atoms in total. The van der Waals surface area contributed by atoms with Crippen LogP contribution in [-0.2, 0) is 20.6 Å². The lowest BCUT2D eigenvalue weighted by atomic mass is 10.1. The summed E-state index contributed by atoms with van der Waals surface area (Å²) in [6.07, 6.45) is 2.25. The first-order valence-electron chi connectivity index (χ1n) is 10.5. The summed E-state index contributed by atoms with van der Waals surface area (Å²) in [6, 6.07) is 12.8. The Bertz CT molecular complexity index is 1300. The SMILES string of the molecule is Cc1csc(Nc2cccc(C3CCCN3Cc3ccc4c(c3)n(C)c(=O)n4C)n2)n1. The third-order valence-electron chi connectivity index (χ3n) is 6.05. The number of hydrogen-bond acceptors (Lipinski definition) is 6. The van der Waals surface area contributed by atoms with Crippen LogP contribution in [0.4, 0.5) is 10.9 Å². The molecule has 4 aromatic rings. The molecule has 5 rings (SSSR count). The zero-order valence-electron chi connectivity index (χ0n) is 18.0. The standard InChI is InChI=1S/C23H26N6OS/c1-15-14-31-22(24-15)26-21-8-4-6-17(25-21)18-7-5-11-29(18)13-16-9-10-19-20(12-16)28(3)23(30)27(19)2/h4,6,8-10,12,14,18H,5,7,11,13H2,1-3H3,(H,24,25,26). The zero-order valence-corrected chi connectivity index (χ0v) is 18.8. The molecule has 1 aromatic carbocycles. The molecule has 0 saturated carbocycles. The molecule has 8 heteroatoms. The van der Waals surface area contributed by atoms with Crippen molar-refractivity contribution in [2.75, 3.05) is 11.9 Å². The van der Waals surface area contributed by atoms with Crippen LogP contribution >= 0.6 is 11.3 Å². The van der Waals surface area contributed by atoms with Crippen LogP contribution in [0.15, 0.2) is 46.6 Å². The largest absolute Gasteiger partial charge is 0.328 e. The van der Waals surface area contributed by atoms with Crippen molar-refractivity contribution in [1.82, 2.24) is 24.0 Å². The number of pyridine rings is 1. The van der Waals surface area contributed by atoms with Gasteiger partial charge in [0, 0.05) is 26.0 Å². The second kappa shape index (κ2) is 7.94. The van der Waals surface area contributed by atoms with Gasteiger partial charge in [0.25, 0.3) is 0 Å². The van der Waals surface area contributed by atoms with Gasteiger partial charge < -0.3 is 5.32 Å². The van der Waals surface area contributed by atoms with Gasteiger partial charge in [-0.2, -0.15) is 0 Å². The van der Waals surface area contributed by atoms with Crippen molar-refractivity contribution in [3.05, 3.63) is 69.2 Å². The number of benzene rings is 1. The molecular weight excluding hydrogens is 408 g/mol. The topological polar surface area (TPSA) is 68.0 Å². The maximum Gasteiger partial charge on any atom is 0.328 e. The number of aromatic nitrogens is 4. The first-order valence-corrected chi connectivity index (χ1v) is 11.4. The van der Waals surface area contributed by atoms with Crippen LogP contribution in [-0.4, -0.2) is 30.5 Å². The number of hydrogen-bond donors (Lipinski definition) is 1. The van der Waals surface area contributed by atoms with Gasteiger partial charge in [-0.05, 0) is 56.1 Å². The summed E-state index contributed by atoms with van der Waals surface area (Å²) in [6.45, 7) is 3.88. The van der Waals surface area contributed by atoms with E-state index in [9.17, 15) is 4.79 Å². The Balaban J connectivity index is 1.38. The molecule has 3 aromatic heterocycles. The molecule has 1 N–H and O–H groups in total. The molecule has 1 aliphatic heterocycles. The number of rotatable bonds is 5. The van der Waals surface area contributed by atoms with Gasteiger partial charge in [-0.1, -0.05) is 12.1 Å². The molecule has 1 fully saturated rings. The molecule has 0 radical (unpaired) electrons. The van der Waals surface area contributed by atoms with E-state index in [0.29, 0.717) is 0 Å². The second-order valence-electron chi connectivity index (χ2n) is 8.22. The molecule has 160 valence electrons. The maximum absolute atomic E-state index is 12.2. The highest BCUT2D eigenvalue weighted by Crippen LogP contribution is 2.33. The average Bonchev–Trinajstić information content (AvgIpc) is 3.45. The van der Waals surface area contributed by atoms with Crippen LogP contribution in [0.3, 0.4) is 0 Å². The van der Waals surface area contributed by atoms with Gasteiger partial charge in [-0.3, -0.25) is 14.0 Å². The average molecular weight is 435 g/mol. The third kappa shape index (κ3) is 3.77. The van der Waals surface area contributed by atoms with Crippen molar-refractivity contribution >= 4 is 33.3 Å². The number of nitrogens with one attached hydrogen (secondary N) is 1. The van der Waals surface area contributed by atoms with E-state index < -0.39 is 0 Å². The minimum absolute atomic E-state index is 0.00939. The maximum atomic E-state index is 12.2. The van der Waals surface area contributed by atoms with Crippen LogP contribution in [0.1, 0.15) is 35.8 Å². The highest BCUT2D eigenvalue weighted by Gasteiger charge is 2.27. The van der Waals surface area contributed by atoms with E-state index in [-0.39, 0.29) is 11.7 Å². The molecule has 1 atom stereocenters. The lowest BCUT2D eigenvalue weighted by molar-refractivity contribution is 0.244. The summed E-state index contributed by atoms with van der Waals surface area (Å²) in [5.74, 6) is 0.833. The number of nitrogens with zero attached hydrogens (tertiary/aromatic N) is 5. The van der Waals surface area contributed by atoms with Crippen molar-refractivity contribution < 1.29 is 0 Å². The van der Waals surface area contributed by atoms with E-state index in [2.05, 4.69) is 45.5 Å². The Kier molecular flexibility index (Phi) is 5.11. The molecule has 1 saturated heterocycles. The summed E-state index contributed by atoms with van der Waals surface area (Å²) >= 11 is 1.59. The molecule has 4 heterocycles. The smallest absolute Gasteiger partial charge is 0.316 e. The van der Waals surface area contributed by atoms with Crippen molar-refractivity contribution in [3.8, 4) is 0 Å². The van der Waals surface area contributed by atoms with Gasteiger partial charge in [0.2, 0.25) is 0 Å². The summed E-state index contributed by atoms with van der Waals surface area (Å²) in [5.41, 5.74) is 5.27. The Labute approximate surface area is 185 Å². The summed E-state index contributed by atoms with van der Waals surface area (Å²) in [4.78, 5) is 24.1. The molecule has 31 heavy (non-hydrogen) atoms. The van der Waals surface area contributed by atoms with Crippen molar-refractivity contribution in [3.63, 3.8) is 0 Å². The highest BCUT2D eigenvalue weighted by molar-refractivity contribution is 7.13. The third-order valence-corrected chi connectivity index (χ3v) is 6.93. The monoisotopic (exact) mass is 434 g/mol. The van der Waals surface area contributed by atoms with Gasteiger partial charge >= 0.3 is 5.69 Å². The lowest BCUT2D eigenvalue weighted by Gasteiger charge is -2.24. The molecule has 1 aliphatic rings. The first kappa shape index (κ1) is 20.0. The van der Waals surface area contributed by atoms with Crippen LogP contribution < -0.4 is 11.0 Å². The zero-order chi connectivity index (χ0) is 21.5. The van der Waals surface area contributed by atoms with E-state index in [0.717, 1.165) is 59.3 Å². The van der Waals surface area contributed by atoms with Gasteiger partial charge in [0.1, 0.15) is 5.82 Å². The fourth-order valence-electron chi connectivity index (χ4n) is 4.46. The van der Waals surface area contributed by atoms with E-state index in [4.69, 9.17) is 4.98 Å². The van der Waals surface area contributed by atoms with Crippen LogP contribution in [0.25, 0.3) is 11.0 Å². The van der Waals surface area contributed by atoms with Gasteiger partial charge in [0.05, 0.1) is 28.5 Å². The lowest BCUT2D eigenvalue weighted by Crippen LogP contribution is -2.23. The van der Waals surface area contributed by atoms with Crippen molar-refractivity contribution in [1.29, 1.82) is 0 Å². The van der Waals surface area contributed by atoms with E-state index in [1.165, 1.54) is 5.56 Å². The molecule has 0 spiro atoms. The number of aryl methyl sites for hydroxylation is 3. The number of thiazole rings is 1. The van der Waals surface area contributed by atoms with Crippen LogP contribution in [0, 0.1) is 6.92 Å². The Morgan fingerprint density at radius 2 is 1.97 bits per heavy atom. The fraction of sp³-hybridized carbons (Fsp3) is 0.348. The summed E-state index contributed by atoms with van der Waals surface area (Å²) in [7, 11) is 3.65. The predicted molar refractivity (Wildman–Crippen MR) is 125 cm³/mol. The van der Waals surface area contributed by atoms with E-state index >= 15 is 0 Å². The molecule has 0 aliphatic carbocycles.